The Kier molecular flexibility index (Phi) is 4.95. The van der Waals surface area contributed by atoms with Crippen LogP contribution in [-0.4, -0.2) is 23.4 Å². The number of carbonyl (C=O) groups excluding carboxylic acids is 1. The third-order valence-electron chi connectivity index (χ3n) is 3.49. The van der Waals surface area contributed by atoms with Gasteiger partial charge in [-0.05, 0) is 37.3 Å². The van der Waals surface area contributed by atoms with Gasteiger partial charge in [-0.25, -0.2) is 4.79 Å². The number of hydrogen-bond donors (Lipinski definition) is 2. The minimum absolute atomic E-state index is 0.00109. The Morgan fingerprint density at radius 2 is 2.16 bits per heavy atom. The van der Waals surface area contributed by atoms with Crippen LogP contribution < -0.4 is 10.5 Å². The number of aromatic nitrogens is 1. The molecule has 0 bridgehead atoms. The number of nitrogen functional groups attached to an aromatic ring is 1. The minimum atomic E-state index is -0.965. The molecule has 0 radical (unpaired) electrons. The normalized spacial score (nSPS) is 11.9. The van der Waals surface area contributed by atoms with Crippen molar-refractivity contribution < 1.29 is 14.3 Å². The van der Waals surface area contributed by atoms with Gasteiger partial charge in [-0.15, -0.1) is 11.3 Å². The molecule has 3 rings (SSSR count). The Hall–Kier alpha value is -2.93. The van der Waals surface area contributed by atoms with Crippen molar-refractivity contribution in [1.82, 2.24) is 4.98 Å². The van der Waals surface area contributed by atoms with Gasteiger partial charge in [-0.1, -0.05) is 12.1 Å². The van der Waals surface area contributed by atoms with Crippen LogP contribution in [0.15, 0.2) is 48.7 Å². The smallest absolute Gasteiger partial charge is 0.353 e. The molecule has 0 aliphatic heterocycles. The third-order valence-corrected chi connectivity index (χ3v) is 4.62. The first-order valence-corrected chi connectivity index (χ1v) is 8.53. The van der Waals surface area contributed by atoms with Gasteiger partial charge in [0, 0.05) is 16.3 Å². The Morgan fingerprint density at radius 3 is 2.84 bits per heavy atom. The number of carbonyl (C=O) groups is 1. The van der Waals surface area contributed by atoms with Gasteiger partial charge in [0.15, 0.2) is 0 Å². The summed E-state index contributed by atoms with van der Waals surface area (Å²) < 4.78 is 12.0. The molecular formula is C18H17N3O3S. The van der Waals surface area contributed by atoms with Crippen molar-refractivity contribution in [3.63, 3.8) is 0 Å². The van der Waals surface area contributed by atoms with E-state index in [9.17, 15) is 4.79 Å². The Bertz CT molecular complexity index is 908. The summed E-state index contributed by atoms with van der Waals surface area (Å²) in [5.41, 5.74) is 6.05. The van der Waals surface area contributed by atoms with Gasteiger partial charge in [0.25, 0.3) is 0 Å². The van der Waals surface area contributed by atoms with Gasteiger partial charge < -0.3 is 15.2 Å². The summed E-state index contributed by atoms with van der Waals surface area (Å²) in [6.45, 7) is 1.99. The van der Waals surface area contributed by atoms with Crippen molar-refractivity contribution in [2.24, 2.45) is 5.73 Å². The first-order chi connectivity index (χ1) is 12.1. The van der Waals surface area contributed by atoms with Gasteiger partial charge in [0.1, 0.15) is 11.6 Å². The number of esters is 1. The standard InChI is InChI=1S/C18H17N3O3S/c1-2-23-18(22)16(12-6-3-4-9-21-12)24-13-7-5-8-14-11(13)10-15(25-14)17(19)20/h3-10,16H,2H2,1H3,(H3,19,20). The van der Waals surface area contributed by atoms with Gasteiger partial charge in [-0.3, -0.25) is 10.4 Å². The molecule has 2 aromatic heterocycles. The highest BCUT2D eigenvalue weighted by atomic mass is 32.1. The lowest BCUT2D eigenvalue weighted by Gasteiger charge is -2.17. The predicted molar refractivity (Wildman–Crippen MR) is 97.1 cm³/mol. The maximum Gasteiger partial charge on any atom is 0.353 e. The fourth-order valence-corrected chi connectivity index (χ4v) is 3.31. The average molecular weight is 355 g/mol. The Morgan fingerprint density at radius 1 is 1.32 bits per heavy atom. The van der Waals surface area contributed by atoms with E-state index in [1.165, 1.54) is 11.3 Å². The van der Waals surface area contributed by atoms with Gasteiger partial charge in [0.2, 0.25) is 6.10 Å². The third kappa shape index (κ3) is 3.61. The zero-order chi connectivity index (χ0) is 17.8. The fraction of sp³-hybridized carbons (Fsp3) is 0.167. The SMILES string of the molecule is CCOC(=O)C(Oc1cccc2sc(C(=N)N)cc12)c1ccccn1. The number of amidine groups is 1. The van der Waals surface area contributed by atoms with Crippen molar-refractivity contribution >= 4 is 33.2 Å². The first-order valence-electron chi connectivity index (χ1n) is 7.71. The lowest BCUT2D eigenvalue weighted by Crippen LogP contribution is -2.22. The molecule has 1 aromatic carbocycles. The van der Waals surface area contributed by atoms with Crippen LogP contribution in [0.2, 0.25) is 0 Å². The summed E-state index contributed by atoms with van der Waals surface area (Å²) in [5, 5.41) is 8.40. The Labute approximate surface area is 148 Å². The first kappa shape index (κ1) is 16.9. The number of nitrogens with one attached hydrogen (secondary N) is 1. The molecule has 0 amide bonds. The summed E-state index contributed by atoms with van der Waals surface area (Å²) in [7, 11) is 0. The summed E-state index contributed by atoms with van der Waals surface area (Å²) in [5.74, 6) is 0.0176. The van der Waals surface area contributed by atoms with E-state index >= 15 is 0 Å². The highest BCUT2D eigenvalue weighted by molar-refractivity contribution is 7.20. The second-order valence-electron chi connectivity index (χ2n) is 5.20. The molecule has 3 aromatic rings. The van der Waals surface area contributed by atoms with E-state index in [2.05, 4.69) is 4.98 Å². The molecule has 0 saturated heterocycles. The van der Waals surface area contributed by atoms with Crippen molar-refractivity contribution in [3.05, 3.63) is 59.2 Å². The van der Waals surface area contributed by atoms with E-state index in [1.54, 1.807) is 43.5 Å². The van der Waals surface area contributed by atoms with Crippen LogP contribution in [0.5, 0.6) is 5.75 Å². The van der Waals surface area contributed by atoms with Crippen molar-refractivity contribution in [3.8, 4) is 5.75 Å². The molecule has 0 fully saturated rings. The monoisotopic (exact) mass is 355 g/mol. The number of thiophene rings is 1. The summed E-state index contributed by atoms with van der Waals surface area (Å²) >= 11 is 1.40. The van der Waals surface area contributed by atoms with Crippen molar-refractivity contribution in [2.45, 2.75) is 13.0 Å². The number of pyridine rings is 1. The summed E-state index contributed by atoms with van der Waals surface area (Å²) in [6.07, 6.45) is 0.636. The van der Waals surface area contributed by atoms with Crippen LogP contribution in [-0.2, 0) is 9.53 Å². The molecule has 2 heterocycles. The van der Waals surface area contributed by atoms with E-state index in [-0.39, 0.29) is 12.4 Å². The number of hydrogen-bond acceptors (Lipinski definition) is 6. The van der Waals surface area contributed by atoms with Crippen LogP contribution >= 0.6 is 11.3 Å². The molecule has 1 unspecified atom stereocenters. The number of nitrogens with zero attached hydrogens (tertiary/aromatic N) is 1. The van der Waals surface area contributed by atoms with Crippen LogP contribution in [0.4, 0.5) is 0 Å². The van der Waals surface area contributed by atoms with Crippen LogP contribution in [0.3, 0.4) is 0 Å². The zero-order valence-corrected chi connectivity index (χ0v) is 14.4. The second-order valence-corrected chi connectivity index (χ2v) is 6.28. The molecule has 128 valence electrons. The second kappa shape index (κ2) is 7.31. The van der Waals surface area contributed by atoms with E-state index in [0.29, 0.717) is 16.3 Å². The quantitative estimate of drug-likeness (QED) is 0.402. The number of nitrogens with two attached hydrogens (primary N) is 1. The maximum absolute atomic E-state index is 12.4. The predicted octanol–water partition coefficient (Wildman–Crippen LogP) is 3.26. The number of ether oxygens (including phenoxy) is 2. The highest BCUT2D eigenvalue weighted by Gasteiger charge is 2.26. The van der Waals surface area contributed by atoms with Crippen LogP contribution in [0.1, 0.15) is 23.6 Å². The van der Waals surface area contributed by atoms with Gasteiger partial charge >= 0.3 is 5.97 Å². The molecule has 25 heavy (non-hydrogen) atoms. The number of benzene rings is 1. The molecule has 3 N–H and O–H groups in total. The van der Waals surface area contributed by atoms with E-state index in [0.717, 1.165) is 10.1 Å². The molecule has 0 aliphatic carbocycles. The molecule has 0 aliphatic rings. The maximum atomic E-state index is 12.4. The van der Waals surface area contributed by atoms with Crippen LogP contribution in [0, 0.1) is 5.41 Å². The fourth-order valence-electron chi connectivity index (χ4n) is 2.37. The molecule has 7 heteroatoms. The van der Waals surface area contributed by atoms with Gasteiger partial charge in [0.05, 0.1) is 17.2 Å². The van der Waals surface area contributed by atoms with E-state index < -0.39 is 12.1 Å². The Balaban J connectivity index is 2.00. The van der Waals surface area contributed by atoms with Crippen molar-refractivity contribution in [1.29, 1.82) is 5.41 Å². The molecule has 0 spiro atoms. The van der Waals surface area contributed by atoms with Crippen LogP contribution in [0.25, 0.3) is 10.1 Å². The minimum Gasteiger partial charge on any atom is -0.472 e. The van der Waals surface area contributed by atoms with E-state index in [1.807, 2.05) is 12.1 Å². The largest absolute Gasteiger partial charge is 0.472 e. The molecule has 6 nitrogen and oxygen atoms in total. The van der Waals surface area contributed by atoms with E-state index in [4.69, 9.17) is 20.6 Å². The van der Waals surface area contributed by atoms with Gasteiger partial charge in [-0.2, -0.15) is 0 Å². The summed E-state index contributed by atoms with van der Waals surface area (Å²) in [6, 6.07) is 12.6. The van der Waals surface area contributed by atoms with Crippen molar-refractivity contribution in [2.75, 3.05) is 6.61 Å². The number of rotatable bonds is 6. The lowest BCUT2D eigenvalue weighted by atomic mass is 10.2. The number of fused-ring (bicyclic) bond motifs is 1. The lowest BCUT2D eigenvalue weighted by molar-refractivity contribution is -0.151. The average Bonchev–Trinajstić information content (AvgIpc) is 3.06. The topological polar surface area (TPSA) is 98.3 Å². The molecule has 0 saturated carbocycles. The highest BCUT2D eigenvalue weighted by Crippen LogP contribution is 2.35. The molecule has 1 atom stereocenters. The zero-order valence-electron chi connectivity index (χ0n) is 13.6. The summed E-state index contributed by atoms with van der Waals surface area (Å²) in [4.78, 5) is 17.2. The molecular weight excluding hydrogens is 338 g/mol.